The average molecular weight is 280 g/mol. The van der Waals surface area contributed by atoms with Crippen LogP contribution in [-0.4, -0.2) is 34.5 Å². The Balaban J connectivity index is 0.000000956. The third-order valence-electron chi connectivity index (χ3n) is 2.92. The van der Waals surface area contributed by atoms with Crippen molar-refractivity contribution in [1.82, 2.24) is 0 Å². The molecule has 1 aromatic carbocycles. The zero-order valence-corrected chi connectivity index (χ0v) is 11.0. The van der Waals surface area contributed by atoms with Crippen LogP contribution in [0.5, 0.6) is 0 Å². The zero-order chi connectivity index (χ0) is 15.1. The van der Waals surface area contributed by atoms with Crippen molar-refractivity contribution < 1.29 is 19.0 Å². The summed E-state index contributed by atoms with van der Waals surface area (Å²) in [4.78, 5) is 9.94. The normalized spacial score (nSPS) is 13.6. The second-order valence-electron chi connectivity index (χ2n) is 4.03. The van der Waals surface area contributed by atoms with Crippen LogP contribution >= 0.6 is 0 Å². The van der Waals surface area contributed by atoms with Gasteiger partial charge in [-0.15, -0.1) is 0 Å². The molecule has 20 heavy (non-hydrogen) atoms. The van der Waals surface area contributed by atoms with Gasteiger partial charge < -0.3 is 5.11 Å². The van der Waals surface area contributed by atoms with Crippen molar-refractivity contribution in [1.29, 1.82) is 5.26 Å². The molecular weight excluding hydrogens is 265 g/mol. The molecule has 1 aromatic rings. The second kappa shape index (κ2) is 7.31. The molecule has 0 unspecified atom stereocenters. The first-order valence-corrected chi connectivity index (χ1v) is 6.07. The first-order valence-electron chi connectivity index (χ1n) is 6.07. The van der Waals surface area contributed by atoms with Crippen LogP contribution in [0.4, 0.5) is 15.8 Å². The lowest BCUT2D eigenvalue weighted by molar-refractivity contribution is -0.444. The van der Waals surface area contributed by atoms with Crippen molar-refractivity contribution in [3.05, 3.63) is 33.6 Å². The van der Waals surface area contributed by atoms with Gasteiger partial charge in [-0.3, -0.25) is 10.1 Å². The maximum Gasteiger partial charge on any atom is 0.290 e. The summed E-state index contributed by atoms with van der Waals surface area (Å²) < 4.78 is 15.8. The number of benzene rings is 1. The Bertz CT molecular complexity index is 579. The molecule has 0 atom stereocenters. The Morgan fingerprint density at radius 3 is 2.65 bits per heavy atom. The molecule has 2 rings (SSSR count). The molecule has 1 aliphatic rings. The minimum Gasteiger partial charge on any atom is -0.400 e. The topological polar surface area (TPSA) is 90.2 Å². The van der Waals surface area contributed by atoms with Gasteiger partial charge >= 0.3 is 0 Å². The van der Waals surface area contributed by atoms with Gasteiger partial charge in [0.2, 0.25) is 11.5 Å². The van der Waals surface area contributed by atoms with Crippen LogP contribution in [0, 0.1) is 27.3 Å². The number of nitro groups is 1. The number of aliphatic hydroxyl groups excluding tert-OH is 1. The van der Waals surface area contributed by atoms with E-state index in [2.05, 4.69) is 0 Å². The SMILES string of the molecule is CO.N#Cc1c([N+](=O)[O-])ccc([N+]2=CCCCC2)c1F. The van der Waals surface area contributed by atoms with Gasteiger partial charge in [0.25, 0.3) is 5.69 Å². The molecule has 106 valence electrons. The molecule has 0 aliphatic carbocycles. The highest BCUT2D eigenvalue weighted by Gasteiger charge is 2.27. The molecule has 7 heteroatoms. The number of halogens is 1. The van der Waals surface area contributed by atoms with Gasteiger partial charge in [0.1, 0.15) is 18.8 Å². The molecule has 1 heterocycles. The molecule has 0 aromatic heterocycles. The van der Waals surface area contributed by atoms with Crippen LogP contribution in [0.2, 0.25) is 0 Å². The number of nitriles is 1. The van der Waals surface area contributed by atoms with Gasteiger partial charge in [0.15, 0.2) is 5.56 Å². The van der Waals surface area contributed by atoms with Crippen molar-refractivity contribution >= 4 is 17.6 Å². The molecule has 0 amide bonds. The number of hydrogen-bond acceptors (Lipinski definition) is 4. The van der Waals surface area contributed by atoms with E-state index in [0.29, 0.717) is 6.54 Å². The quantitative estimate of drug-likeness (QED) is 0.510. The maximum atomic E-state index is 14.1. The number of aliphatic hydroxyl groups is 1. The van der Waals surface area contributed by atoms with E-state index in [1.807, 2.05) is 6.21 Å². The maximum absolute atomic E-state index is 14.1. The van der Waals surface area contributed by atoms with Gasteiger partial charge in [-0.05, 0) is 6.42 Å². The summed E-state index contributed by atoms with van der Waals surface area (Å²) >= 11 is 0. The molecular formula is C13H15FN3O3+. The van der Waals surface area contributed by atoms with Gasteiger partial charge in [-0.2, -0.15) is 9.65 Å². The molecule has 6 nitrogen and oxygen atoms in total. The molecule has 1 N–H and O–H groups in total. The third kappa shape index (κ3) is 3.16. The Hall–Kier alpha value is -2.33. The predicted molar refractivity (Wildman–Crippen MR) is 70.6 cm³/mol. The van der Waals surface area contributed by atoms with E-state index in [4.69, 9.17) is 10.4 Å². The molecule has 1 aliphatic heterocycles. The number of hydrogen-bond donors (Lipinski definition) is 1. The fourth-order valence-corrected chi connectivity index (χ4v) is 2.02. The highest BCUT2D eigenvalue weighted by atomic mass is 19.1. The minimum atomic E-state index is -0.815. The summed E-state index contributed by atoms with van der Waals surface area (Å²) in [6, 6.07) is 4.10. The van der Waals surface area contributed by atoms with Crippen molar-refractivity contribution in [3.8, 4) is 6.07 Å². The largest absolute Gasteiger partial charge is 0.400 e. The number of rotatable bonds is 2. The molecule has 0 saturated heterocycles. The minimum absolute atomic E-state index is 0.233. The van der Waals surface area contributed by atoms with Crippen LogP contribution in [0.1, 0.15) is 24.8 Å². The first-order chi connectivity index (χ1) is 9.65. The van der Waals surface area contributed by atoms with Crippen LogP contribution < -0.4 is 0 Å². The lowest BCUT2D eigenvalue weighted by Crippen LogP contribution is -2.15. The monoisotopic (exact) mass is 280 g/mol. The Labute approximate surface area is 115 Å². The first kappa shape index (κ1) is 15.7. The van der Waals surface area contributed by atoms with Gasteiger partial charge in [0.05, 0.1) is 4.92 Å². The summed E-state index contributed by atoms with van der Waals surface area (Å²) in [7, 11) is 1.00. The fourth-order valence-electron chi connectivity index (χ4n) is 2.02. The summed E-state index contributed by atoms with van der Waals surface area (Å²) in [5.74, 6) is -0.815. The van der Waals surface area contributed by atoms with E-state index in [1.54, 1.807) is 10.6 Å². The predicted octanol–water partition coefficient (Wildman–Crippen LogP) is 2.11. The Morgan fingerprint density at radius 2 is 2.15 bits per heavy atom. The second-order valence-corrected chi connectivity index (χ2v) is 4.03. The molecule has 0 fully saturated rings. The lowest BCUT2D eigenvalue weighted by atomic mass is 10.1. The number of nitrogens with zero attached hydrogens (tertiary/aromatic N) is 3. The van der Waals surface area contributed by atoms with Crippen LogP contribution in [0.3, 0.4) is 0 Å². The summed E-state index contributed by atoms with van der Waals surface area (Å²) in [6.07, 6.45) is 4.69. The summed E-state index contributed by atoms with van der Waals surface area (Å²) in [5.41, 5.74) is -0.760. The molecule has 0 bridgehead atoms. The van der Waals surface area contributed by atoms with Gasteiger partial charge in [-0.1, -0.05) is 0 Å². The van der Waals surface area contributed by atoms with E-state index in [1.165, 1.54) is 12.1 Å². The van der Waals surface area contributed by atoms with Gasteiger partial charge in [-0.25, -0.2) is 4.58 Å². The van der Waals surface area contributed by atoms with Crippen LogP contribution in [0.15, 0.2) is 12.1 Å². The highest BCUT2D eigenvalue weighted by Crippen LogP contribution is 2.29. The van der Waals surface area contributed by atoms with E-state index in [0.717, 1.165) is 26.4 Å². The highest BCUT2D eigenvalue weighted by molar-refractivity contribution is 5.59. The zero-order valence-electron chi connectivity index (χ0n) is 11.0. The average Bonchev–Trinajstić information content (AvgIpc) is 2.49. The van der Waals surface area contributed by atoms with E-state index >= 15 is 0 Å². The molecule has 0 saturated carbocycles. The van der Waals surface area contributed by atoms with Crippen LogP contribution in [-0.2, 0) is 0 Å². The fraction of sp³-hybridized carbons (Fsp3) is 0.385. The van der Waals surface area contributed by atoms with E-state index < -0.39 is 22.0 Å². The van der Waals surface area contributed by atoms with Crippen molar-refractivity contribution in [2.45, 2.75) is 19.3 Å². The van der Waals surface area contributed by atoms with Crippen molar-refractivity contribution in [2.75, 3.05) is 13.7 Å². The van der Waals surface area contributed by atoms with Crippen LogP contribution in [0.25, 0.3) is 0 Å². The lowest BCUT2D eigenvalue weighted by Gasteiger charge is -2.08. The Kier molecular flexibility index (Phi) is 5.74. The van der Waals surface area contributed by atoms with E-state index in [-0.39, 0.29) is 5.69 Å². The molecule has 0 radical (unpaired) electrons. The summed E-state index contributed by atoms with van der Waals surface area (Å²) in [6.45, 7) is 0.666. The van der Waals surface area contributed by atoms with E-state index in [9.17, 15) is 14.5 Å². The van der Waals surface area contributed by atoms with Crippen molar-refractivity contribution in [3.63, 3.8) is 0 Å². The molecule has 0 spiro atoms. The smallest absolute Gasteiger partial charge is 0.290 e. The summed E-state index contributed by atoms with van der Waals surface area (Å²) in [5, 5.41) is 26.5. The Morgan fingerprint density at radius 1 is 1.45 bits per heavy atom. The van der Waals surface area contributed by atoms with Crippen molar-refractivity contribution in [2.24, 2.45) is 0 Å². The number of nitro benzene ring substituents is 1. The standard InChI is InChI=1S/C12H11FN3O2.CH4O/c13-12-9(8-14)10(16(17)18)4-5-11(12)15-6-2-1-3-7-15;1-2/h4-6H,1-3,7H2;2H,1H3/q+1;. The third-order valence-corrected chi connectivity index (χ3v) is 2.92. The van der Waals surface area contributed by atoms with Gasteiger partial charge in [0, 0.05) is 32.1 Å².